The summed E-state index contributed by atoms with van der Waals surface area (Å²) in [5.41, 5.74) is 0. The first-order chi connectivity index (χ1) is 5.20. The Morgan fingerprint density at radius 2 is 2.45 bits per heavy atom. The number of nitrogens with one attached hydrogen (secondary N) is 1. The lowest BCUT2D eigenvalue weighted by Crippen LogP contribution is -2.29. The topological polar surface area (TPSA) is 29.1 Å². The van der Waals surface area contributed by atoms with Crippen LogP contribution in [0, 0.1) is 12.3 Å². The first-order valence-electron chi connectivity index (χ1n) is 3.27. The molecule has 0 aromatic carbocycles. The Morgan fingerprint density at radius 1 is 1.82 bits per heavy atom. The monoisotopic (exact) mass is 149 g/mol. The number of allylic oxidation sites excluding steroid dienone is 2. The highest BCUT2D eigenvalue weighted by Gasteiger charge is 1.97. The molecule has 0 bridgehead atoms. The maximum atomic E-state index is 10.6. The van der Waals surface area contributed by atoms with Crippen LogP contribution >= 0.6 is 0 Å². The lowest BCUT2D eigenvalue weighted by molar-refractivity contribution is -0.115. The summed E-state index contributed by atoms with van der Waals surface area (Å²) in [6.45, 7) is 5.32. The highest BCUT2D eigenvalue weighted by molar-refractivity contribution is 5.93. The standard InChI is InChI=1S/C9H11NO/c1-4-6-7-8(3)10-9(11)5-2/h2,4,6-8H,1H2,3H3,(H,10,11)/b7-6+. The Bertz CT molecular complexity index is 210. The third kappa shape index (κ3) is 4.98. The van der Waals surface area contributed by atoms with E-state index in [2.05, 4.69) is 11.9 Å². The van der Waals surface area contributed by atoms with Crippen LogP contribution in [0.4, 0.5) is 0 Å². The molecule has 0 heterocycles. The van der Waals surface area contributed by atoms with Crippen molar-refractivity contribution >= 4 is 5.91 Å². The molecule has 0 aliphatic heterocycles. The smallest absolute Gasteiger partial charge is 0.296 e. The van der Waals surface area contributed by atoms with Gasteiger partial charge in [-0.15, -0.1) is 6.42 Å². The Balaban J connectivity index is 3.79. The van der Waals surface area contributed by atoms with Crippen molar-refractivity contribution in [3.05, 3.63) is 24.8 Å². The van der Waals surface area contributed by atoms with Crippen molar-refractivity contribution in [3.8, 4) is 12.3 Å². The molecular formula is C9H11NO. The van der Waals surface area contributed by atoms with Crippen molar-refractivity contribution < 1.29 is 4.79 Å². The zero-order chi connectivity index (χ0) is 8.69. The fourth-order valence-corrected chi connectivity index (χ4v) is 0.542. The number of hydrogen-bond donors (Lipinski definition) is 1. The minimum absolute atomic E-state index is 0.0449. The molecule has 2 heteroatoms. The van der Waals surface area contributed by atoms with Gasteiger partial charge in [0.05, 0.1) is 0 Å². The molecule has 0 fully saturated rings. The van der Waals surface area contributed by atoms with Gasteiger partial charge in [-0.3, -0.25) is 4.79 Å². The lowest BCUT2D eigenvalue weighted by Gasteiger charge is -2.04. The number of carbonyl (C=O) groups excluding carboxylic acids is 1. The minimum Gasteiger partial charge on any atom is -0.339 e. The number of hydrogen-bond acceptors (Lipinski definition) is 1. The van der Waals surface area contributed by atoms with Crippen LogP contribution in [0.1, 0.15) is 6.92 Å². The van der Waals surface area contributed by atoms with E-state index in [0.717, 1.165) is 0 Å². The first-order valence-corrected chi connectivity index (χ1v) is 3.27. The van der Waals surface area contributed by atoms with E-state index in [-0.39, 0.29) is 6.04 Å². The summed E-state index contributed by atoms with van der Waals surface area (Å²) in [6.07, 6.45) is 10.0. The predicted octanol–water partition coefficient (Wildman–Crippen LogP) is 0.866. The quantitative estimate of drug-likeness (QED) is 0.468. The second-order valence-corrected chi connectivity index (χ2v) is 2.03. The number of terminal acetylenes is 1. The van der Waals surface area contributed by atoms with Gasteiger partial charge in [0, 0.05) is 6.04 Å². The largest absolute Gasteiger partial charge is 0.339 e. The summed E-state index contributed by atoms with van der Waals surface area (Å²) in [7, 11) is 0. The number of amides is 1. The van der Waals surface area contributed by atoms with Gasteiger partial charge in [0.2, 0.25) is 0 Å². The molecule has 1 unspecified atom stereocenters. The molecule has 1 N–H and O–H groups in total. The molecule has 0 aliphatic carbocycles. The summed E-state index contributed by atoms with van der Waals surface area (Å²) in [5.74, 6) is 1.57. The minimum atomic E-state index is -0.397. The van der Waals surface area contributed by atoms with Gasteiger partial charge >= 0.3 is 0 Å². The van der Waals surface area contributed by atoms with Gasteiger partial charge in [0.1, 0.15) is 0 Å². The van der Waals surface area contributed by atoms with Crippen molar-refractivity contribution in [2.75, 3.05) is 0 Å². The van der Waals surface area contributed by atoms with Gasteiger partial charge < -0.3 is 5.32 Å². The molecule has 0 aliphatic rings. The summed E-state index contributed by atoms with van der Waals surface area (Å²) < 4.78 is 0. The van der Waals surface area contributed by atoms with Gasteiger partial charge in [-0.1, -0.05) is 24.8 Å². The highest BCUT2D eigenvalue weighted by Crippen LogP contribution is 1.84. The fraction of sp³-hybridized carbons (Fsp3) is 0.222. The number of rotatable bonds is 3. The van der Waals surface area contributed by atoms with Gasteiger partial charge in [-0.2, -0.15) is 0 Å². The Hall–Kier alpha value is -1.49. The van der Waals surface area contributed by atoms with E-state index in [4.69, 9.17) is 6.42 Å². The van der Waals surface area contributed by atoms with Crippen LogP contribution < -0.4 is 5.32 Å². The second-order valence-electron chi connectivity index (χ2n) is 2.03. The third-order valence-electron chi connectivity index (χ3n) is 1.03. The van der Waals surface area contributed by atoms with Crippen molar-refractivity contribution in [1.29, 1.82) is 0 Å². The van der Waals surface area contributed by atoms with E-state index >= 15 is 0 Å². The molecule has 0 saturated carbocycles. The molecule has 0 aromatic rings. The molecule has 0 rings (SSSR count). The second kappa shape index (κ2) is 5.31. The van der Waals surface area contributed by atoms with E-state index in [1.807, 2.05) is 12.8 Å². The van der Waals surface area contributed by atoms with Crippen LogP contribution in [0.3, 0.4) is 0 Å². The predicted molar refractivity (Wildman–Crippen MR) is 45.8 cm³/mol. The summed E-state index contributed by atoms with van der Waals surface area (Å²) in [6, 6.07) is -0.0449. The van der Waals surface area contributed by atoms with Crippen LogP contribution in [0.25, 0.3) is 0 Å². The molecule has 0 radical (unpaired) electrons. The van der Waals surface area contributed by atoms with Crippen molar-refractivity contribution in [3.63, 3.8) is 0 Å². The molecule has 0 saturated heterocycles. The van der Waals surface area contributed by atoms with Crippen LogP contribution in [-0.4, -0.2) is 11.9 Å². The van der Waals surface area contributed by atoms with Crippen LogP contribution in [0.2, 0.25) is 0 Å². The Labute approximate surface area is 67.0 Å². The average Bonchev–Trinajstić information content (AvgIpc) is 2.00. The SMILES string of the molecule is C#CC(=O)NC(C)/C=C/C=C. The molecule has 0 spiro atoms. The Kier molecular flexibility index (Phi) is 4.59. The van der Waals surface area contributed by atoms with Gasteiger partial charge in [-0.25, -0.2) is 0 Å². The normalized spacial score (nSPS) is 12.0. The summed E-state index contributed by atoms with van der Waals surface area (Å²) >= 11 is 0. The maximum absolute atomic E-state index is 10.6. The van der Waals surface area contributed by atoms with E-state index in [9.17, 15) is 4.79 Å². The lowest BCUT2D eigenvalue weighted by atomic mass is 10.3. The summed E-state index contributed by atoms with van der Waals surface area (Å²) in [4.78, 5) is 10.6. The zero-order valence-corrected chi connectivity index (χ0v) is 6.50. The molecule has 58 valence electrons. The van der Waals surface area contributed by atoms with Crippen molar-refractivity contribution in [2.45, 2.75) is 13.0 Å². The van der Waals surface area contributed by atoms with Gasteiger partial charge in [0.15, 0.2) is 0 Å². The van der Waals surface area contributed by atoms with E-state index in [1.54, 1.807) is 18.2 Å². The van der Waals surface area contributed by atoms with Crippen molar-refractivity contribution in [1.82, 2.24) is 5.32 Å². The van der Waals surface area contributed by atoms with Crippen LogP contribution in [0.15, 0.2) is 24.8 Å². The van der Waals surface area contributed by atoms with Gasteiger partial charge in [0.25, 0.3) is 5.91 Å². The van der Waals surface area contributed by atoms with E-state index in [0.29, 0.717) is 0 Å². The summed E-state index contributed by atoms with van der Waals surface area (Å²) in [5, 5.41) is 2.55. The molecule has 2 nitrogen and oxygen atoms in total. The zero-order valence-electron chi connectivity index (χ0n) is 6.50. The first kappa shape index (κ1) is 9.51. The molecule has 0 aromatic heterocycles. The van der Waals surface area contributed by atoms with E-state index in [1.165, 1.54) is 0 Å². The van der Waals surface area contributed by atoms with E-state index < -0.39 is 5.91 Å². The van der Waals surface area contributed by atoms with Gasteiger partial charge in [-0.05, 0) is 12.8 Å². The molecule has 11 heavy (non-hydrogen) atoms. The molecule has 1 atom stereocenters. The third-order valence-corrected chi connectivity index (χ3v) is 1.03. The highest BCUT2D eigenvalue weighted by atomic mass is 16.1. The van der Waals surface area contributed by atoms with Crippen LogP contribution in [0.5, 0.6) is 0 Å². The van der Waals surface area contributed by atoms with Crippen LogP contribution in [-0.2, 0) is 4.79 Å². The molecule has 1 amide bonds. The maximum Gasteiger partial charge on any atom is 0.296 e. The van der Waals surface area contributed by atoms with Crippen molar-refractivity contribution in [2.24, 2.45) is 0 Å². The average molecular weight is 149 g/mol. The number of carbonyl (C=O) groups is 1. The fourth-order valence-electron chi connectivity index (χ4n) is 0.542. The Morgan fingerprint density at radius 3 is 2.91 bits per heavy atom. The molecular weight excluding hydrogens is 138 g/mol.